The van der Waals surface area contributed by atoms with Crippen molar-refractivity contribution in [3.8, 4) is 0 Å². The zero-order valence-electron chi connectivity index (χ0n) is 8.98. The zero-order chi connectivity index (χ0) is 12.5. The molecule has 3 rings (SSSR count). The van der Waals surface area contributed by atoms with Crippen molar-refractivity contribution in [2.45, 2.75) is 6.54 Å². The second-order valence-corrected chi connectivity index (χ2v) is 6.94. The number of fused-ring (bicyclic) bond motifs is 1. The highest BCUT2D eigenvalue weighted by atomic mass is 127. The van der Waals surface area contributed by atoms with Gasteiger partial charge in [-0.2, -0.15) is 0 Å². The van der Waals surface area contributed by atoms with E-state index in [1.165, 1.54) is 0 Å². The van der Waals surface area contributed by atoms with E-state index in [9.17, 15) is 0 Å². The van der Waals surface area contributed by atoms with Gasteiger partial charge in [0.15, 0.2) is 0 Å². The summed E-state index contributed by atoms with van der Waals surface area (Å²) < 4.78 is 2.27. The standard InChI is InChI=1S/C11H7ClIN3S2/c12-8-3-7(15-4-9-14-1-2-17-9)11-10(16-8)6(13)5-18-11/h1-3,5H,4H2,(H,15,16). The first kappa shape index (κ1) is 12.6. The van der Waals surface area contributed by atoms with Crippen molar-refractivity contribution in [2.75, 3.05) is 5.32 Å². The van der Waals surface area contributed by atoms with Gasteiger partial charge in [-0.05, 0) is 22.6 Å². The van der Waals surface area contributed by atoms with Gasteiger partial charge in [-0.1, -0.05) is 11.6 Å². The van der Waals surface area contributed by atoms with E-state index in [0.29, 0.717) is 11.7 Å². The number of thiophene rings is 1. The van der Waals surface area contributed by atoms with Gasteiger partial charge in [0.1, 0.15) is 10.2 Å². The lowest BCUT2D eigenvalue weighted by Crippen LogP contribution is -1.99. The van der Waals surface area contributed by atoms with Crippen LogP contribution in [-0.2, 0) is 6.54 Å². The van der Waals surface area contributed by atoms with Gasteiger partial charge in [-0.3, -0.25) is 0 Å². The van der Waals surface area contributed by atoms with Gasteiger partial charge in [-0.25, -0.2) is 9.97 Å². The average Bonchev–Trinajstić information content (AvgIpc) is 2.97. The minimum absolute atomic E-state index is 0.514. The molecule has 0 aromatic carbocycles. The fourth-order valence-corrected chi connectivity index (χ4v) is 4.15. The second-order valence-electron chi connectivity index (χ2n) is 3.53. The number of hydrogen-bond acceptors (Lipinski definition) is 5. The maximum atomic E-state index is 6.05. The Morgan fingerprint density at radius 1 is 1.39 bits per heavy atom. The predicted molar refractivity (Wildman–Crippen MR) is 86.8 cm³/mol. The number of anilines is 1. The minimum atomic E-state index is 0.514. The molecule has 3 heterocycles. The Morgan fingerprint density at radius 2 is 2.28 bits per heavy atom. The van der Waals surface area contributed by atoms with E-state index in [-0.39, 0.29) is 0 Å². The minimum Gasteiger partial charge on any atom is -0.377 e. The molecule has 0 radical (unpaired) electrons. The molecule has 18 heavy (non-hydrogen) atoms. The smallest absolute Gasteiger partial charge is 0.131 e. The number of pyridine rings is 1. The SMILES string of the molecule is Clc1cc(NCc2nccs2)c2scc(I)c2n1. The van der Waals surface area contributed by atoms with Crippen LogP contribution in [0.5, 0.6) is 0 Å². The summed E-state index contributed by atoms with van der Waals surface area (Å²) in [6, 6.07) is 1.87. The highest BCUT2D eigenvalue weighted by Gasteiger charge is 2.10. The summed E-state index contributed by atoms with van der Waals surface area (Å²) in [5.74, 6) is 0. The van der Waals surface area contributed by atoms with E-state index in [0.717, 1.165) is 24.5 Å². The van der Waals surface area contributed by atoms with Gasteiger partial charge in [0.25, 0.3) is 0 Å². The van der Waals surface area contributed by atoms with Crippen molar-refractivity contribution in [3.63, 3.8) is 0 Å². The quantitative estimate of drug-likeness (QED) is 0.508. The lowest BCUT2D eigenvalue weighted by Gasteiger charge is -2.06. The second kappa shape index (κ2) is 5.28. The van der Waals surface area contributed by atoms with Gasteiger partial charge in [0, 0.05) is 23.0 Å². The third kappa shape index (κ3) is 2.47. The van der Waals surface area contributed by atoms with Crippen molar-refractivity contribution >= 4 is 72.8 Å². The summed E-state index contributed by atoms with van der Waals surface area (Å²) in [6.45, 7) is 0.710. The molecule has 0 fully saturated rings. The summed E-state index contributed by atoms with van der Waals surface area (Å²) in [4.78, 5) is 8.60. The lowest BCUT2D eigenvalue weighted by molar-refractivity contribution is 1.11. The number of hydrogen-bond donors (Lipinski definition) is 1. The molecule has 0 spiro atoms. The van der Waals surface area contributed by atoms with Crippen molar-refractivity contribution in [1.29, 1.82) is 0 Å². The molecule has 0 atom stereocenters. The Kier molecular flexibility index (Phi) is 3.69. The Balaban J connectivity index is 1.95. The topological polar surface area (TPSA) is 37.8 Å². The molecule has 0 aliphatic rings. The van der Waals surface area contributed by atoms with E-state index in [1.807, 2.05) is 17.6 Å². The molecule has 1 N–H and O–H groups in total. The van der Waals surface area contributed by atoms with E-state index in [2.05, 4.69) is 43.3 Å². The van der Waals surface area contributed by atoms with E-state index in [4.69, 9.17) is 11.6 Å². The van der Waals surface area contributed by atoms with Crippen LogP contribution in [0, 0.1) is 3.57 Å². The highest BCUT2D eigenvalue weighted by molar-refractivity contribution is 14.1. The lowest BCUT2D eigenvalue weighted by atomic mass is 10.3. The van der Waals surface area contributed by atoms with E-state index >= 15 is 0 Å². The Morgan fingerprint density at radius 3 is 3.06 bits per heavy atom. The molecule has 3 aromatic rings. The van der Waals surface area contributed by atoms with Crippen molar-refractivity contribution in [1.82, 2.24) is 9.97 Å². The highest BCUT2D eigenvalue weighted by Crippen LogP contribution is 2.33. The molecule has 3 aromatic heterocycles. The van der Waals surface area contributed by atoms with Gasteiger partial charge in [0.2, 0.25) is 0 Å². The molecule has 92 valence electrons. The average molecular weight is 408 g/mol. The zero-order valence-corrected chi connectivity index (χ0v) is 13.5. The van der Waals surface area contributed by atoms with Gasteiger partial charge in [-0.15, -0.1) is 22.7 Å². The summed E-state index contributed by atoms with van der Waals surface area (Å²) in [6.07, 6.45) is 1.81. The first-order chi connectivity index (χ1) is 8.74. The summed E-state index contributed by atoms with van der Waals surface area (Å²) in [5.41, 5.74) is 1.99. The normalized spacial score (nSPS) is 11.0. The third-order valence-electron chi connectivity index (χ3n) is 2.36. The van der Waals surface area contributed by atoms with Crippen LogP contribution in [-0.4, -0.2) is 9.97 Å². The first-order valence-corrected chi connectivity index (χ1v) is 8.31. The van der Waals surface area contributed by atoms with E-state index < -0.39 is 0 Å². The van der Waals surface area contributed by atoms with Crippen LogP contribution in [0.2, 0.25) is 5.15 Å². The Bertz CT molecular complexity index is 681. The number of halogens is 2. The van der Waals surface area contributed by atoms with Crippen LogP contribution in [0.3, 0.4) is 0 Å². The number of aromatic nitrogens is 2. The van der Waals surface area contributed by atoms with Gasteiger partial charge in [0.05, 0.1) is 26.0 Å². The summed E-state index contributed by atoms with van der Waals surface area (Å²) in [5, 5.41) is 9.01. The molecule has 7 heteroatoms. The van der Waals surface area contributed by atoms with Gasteiger partial charge >= 0.3 is 0 Å². The molecule has 0 aliphatic carbocycles. The molecule has 0 amide bonds. The van der Waals surface area contributed by atoms with E-state index in [1.54, 1.807) is 22.7 Å². The molecule has 0 saturated heterocycles. The Labute approximate surface area is 130 Å². The maximum Gasteiger partial charge on any atom is 0.131 e. The van der Waals surface area contributed by atoms with Crippen molar-refractivity contribution in [2.24, 2.45) is 0 Å². The van der Waals surface area contributed by atoms with Crippen molar-refractivity contribution < 1.29 is 0 Å². The predicted octanol–water partition coefficient (Wildman–Crippen LogP) is 4.62. The number of rotatable bonds is 3. The fourth-order valence-electron chi connectivity index (χ4n) is 1.59. The fraction of sp³-hybridized carbons (Fsp3) is 0.0909. The number of nitrogens with zero attached hydrogens (tertiary/aromatic N) is 2. The molecule has 0 unspecified atom stereocenters. The van der Waals surface area contributed by atoms with Crippen molar-refractivity contribution in [3.05, 3.63) is 36.8 Å². The molecular formula is C11H7ClIN3S2. The summed E-state index contributed by atoms with van der Waals surface area (Å²) >= 11 is 11.6. The third-order valence-corrected chi connectivity index (χ3v) is 5.58. The monoisotopic (exact) mass is 407 g/mol. The van der Waals surface area contributed by atoms with Crippen LogP contribution in [0.15, 0.2) is 23.0 Å². The molecule has 0 aliphatic heterocycles. The van der Waals surface area contributed by atoms with Crippen LogP contribution in [0.4, 0.5) is 5.69 Å². The molecule has 0 bridgehead atoms. The van der Waals surface area contributed by atoms with Crippen LogP contribution in [0.25, 0.3) is 10.2 Å². The Hall–Kier alpha value is -0.440. The first-order valence-electron chi connectivity index (χ1n) is 5.09. The molecular weight excluding hydrogens is 401 g/mol. The van der Waals surface area contributed by atoms with Crippen LogP contribution in [0.1, 0.15) is 5.01 Å². The molecule has 0 saturated carbocycles. The largest absolute Gasteiger partial charge is 0.377 e. The summed E-state index contributed by atoms with van der Waals surface area (Å²) in [7, 11) is 0. The number of nitrogens with one attached hydrogen (secondary N) is 1. The van der Waals surface area contributed by atoms with Gasteiger partial charge < -0.3 is 5.32 Å². The van der Waals surface area contributed by atoms with Crippen LogP contribution >= 0.6 is 56.9 Å². The number of thiazole rings is 1. The maximum absolute atomic E-state index is 6.05. The van der Waals surface area contributed by atoms with Crippen LogP contribution < -0.4 is 5.32 Å². The molecule has 3 nitrogen and oxygen atoms in total.